The fourth-order valence-corrected chi connectivity index (χ4v) is 0.0630. The maximum absolute atomic E-state index is 11.1. The molecule has 0 aromatic heterocycles. The van der Waals surface area contributed by atoms with Gasteiger partial charge in [0, 0.05) is 6.54 Å². The Morgan fingerprint density at radius 3 is 2.33 bits per heavy atom. The Kier molecular flexibility index (Phi) is 2.98. The summed E-state index contributed by atoms with van der Waals surface area (Å²) >= 11 is 0. The minimum absolute atomic E-state index is 0.0104. The van der Waals surface area contributed by atoms with Gasteiger partial charge < -0.3 is 10.8 Å². The fraction of sp³-hybridized carbons (Fsp3) is 1.00. The highest BCUT2D eigenvalue weighted by Crippen LogP contribution is 1.75. The molecule has 0 aromatic carbocycles. The summed E-state index contributed by atoms with van der Waals surface area (Å²) in [6, 6.07) is 0. The van der Waals surface area contributed by atoms with E-state index in [0.717, 1.165) is 0 Å². The molecule has 0 heterocycles. The summed E-state index contributed by atoms with van der Waals surface area (Å²) in [5.74, 6) is 0. The molecule has 0 spiro atoms. The van der Waals surface area contributed by atoms with Crippen molar-refractivity contribution in [3.8, 4) is 0 Å². The van der Waals surface area contributed by atoms with Crippen molar-refractivity contribution >= 4 is 0 Å². The van der Waals surface area contributed by atoms with Crippen LogP contribution in [0.5, 0.6) is 0 Å². The van der Waals surface area contributed by atoms with Crippen LogP contribution in [0.25, 0.3) is 0 Å². The quantitative estimate of drug-likeness (QED) is 0.473. The van der Waals surface area contributed by atoms with Crippen molar-refractivity contribution in [3.63, 3.8) is 0 Å². The average Bonchev–Trinajstić information content (AvgIpc) is 1.65. The van der Waals surface area contributed by atoms with Gasteiger partial charge in [-0.1, -0.05) is 0 Å². The molecule has 0 fully saturated rings. The maximum atomic E-state index is 11.1. The first kappa shape index (κ1) is 5.85. The lowest BCUT2D eigenvalue weighted by molar-refractivity contribution is 0.147. The summed E-state index contributed by atoms with van der Waals surface area (Å²) < 4.78 is 11.1. The summed E-state index contributed by atoms with van der Waals surface area (Å²) in [7, 11) is 0. The van der Waals surface area contributed by atoms with Crippen LogP contribution >= 0.6 is 0 Å². The molecule has 0 aromatic rings. The lowest BCUT2D eigenvalue weighted by atomic mass is 10.4. The number of rotatable bonds is 2. The van der Waals surface area contributed by atoms with Gasteiger partial charge in [0.2, 0.25) is 0 Å². The molecule has 0 unspecified atom stereocenters. The Hall–Kier alpha value is -0.150. The third kappa shape index (κ3) is 2.11. The Morgan fingerprint density at radius 1 is 1.83 bits per heavy atom. The molecule has 3 heteroatoms. The van der Waals surface area contributed by atoms with E-state index < -0.39 is 12.8 Å². The Morgan fingerprint density at radius 2 is 2.33 bits per heavy atom. The summed E-state index contributed by atoms with van der Waals surface area (Å²) in [5.41, 5.74) is 4.79. The third-order valence-electron chi connectivity index (χ3n) is 0.450. The smallest absolute Gasteiger partial charge is 0.117 e. The summed E-state index contributed by atoms with van der Waals surface area (Å²) in [6.45, 7) is -0.729. The van der Waals surface area contributed by atoms with E-state index in [1.165, 1.54) is 0 Å². The standard InChI is InChI=1S/C3H8FNO/c4-1-3(6)2-5/h3,6H,1-2,5H2/t3-/m0/s1. The average molecular weight is 93.1 g/mol. The van der Waals surface area contributed by atoms with E-state index in [0.29, 0.717) is 0 Å². The topological polar surface area (TPSA) is 46.2 Å². The van der Waals surface area contributed by atoms with Gasteiger partial charge in [-0.15, -0.1) is 0 Å². The number of hydrogen-bond acceptors (Lipinski definition) is 2. The molecule has 1 atom stereocenters. The van der Waals surface area contributed by atoms with Gasteiger partial charge in [-0.25, -0.2) is 4.39 Å². The zero-order valence-corrected chi connectivity index (χ0v) is 3.39. The van der Waals surface area contributed by atoms with Gasteiger partial charge in [-0.05, 0) is 0 Å². The lowest BCUT2D eigenvalue weighted by Crippen LogP contribution is -2.20. The number of aliphatic hydroxyl groups is 1. The van der Waals surface area contributed by atoms with Crippen LogP contribution in [0.3, 0.4) is 0 Å². The molecular weight excluding hydrogens is 85.0 g/mol. The number of alkyl halides is 1. The van der Waals surface area contributed by atoms with Crippen molar-refractivity contribution in [2.75, 3.05) is 13.2 Å². The minimum Gasteiger partial charge on any atom is -0.389 e. The molecule has 3 N–H and O–H groups in total. The molecule has 0 amide bonds. The molecule has 0 aliphatic heterocycles. The Bertz CT molecular complexity index is 30.0. The molecule has 38 valence electrons. The van der Waals surface area contributed by atoms with Crippen LogP contribution in [0.4, 0.5) is 4.39 Å². The molecule has 2 nitrogen and oxygen atoms in total. The first-order valence-electron chi connectivity index (χ1n) is 1.75. The molecule has 0 saturated heterocycles. The minimum atomic E-state index is -0.954. The highest BCUT2D eigenvalue weighted by atomic mass is 19.1. The van der Waals surface area contributed by atoms with E-state index in [9.17, 15) is 4.39 Å². The Labute approximate surface area is 35.8 Å². The van der Waals surface area contributed by atoms with Crippen molar-refractivity contribution in [2.45, 2.75) is 6.10 Å². The SMILES string of the molecule is NC[C@@H](O)CF. The number of halogens is 1. The highest BCUT2D eigenvalue weighted by Gasteiger charge is 1.94. The van der Waals surface area contributed by atoms with Crippen molar-refractivity contribution in [2.24, 2.45) is 5.73 Å². The van der Waals surface area contributed by atoms with Gasteiger partial charge in [-0.3, -0.25) is 0 Å². The van der Waals surface area contributed by atoms with E-state index >= 15 is 0 Å². The fourth-order valence-electron chi connectivity index (χ4n) is 0.0630. The van der Waals surface area contributed by atoms with Crippen molar-refractivity contribution in [1.29, 1.82) is 0 Å². The maximum Gasteiger partial charge on any atom is 0.117 e. The molecule has 0 bridgehead atoms. The summed E-state index contributed by atoms with van der Waals surface area (Å²) in [6.07, 6.45) is -0.954. The normalized spacial score (nSPS) is 14.5. The zero-order valence-electron chi connectivity index (χ0n) is 3.39. The van der Waals surface area contributed by atoms with Crippen LogP contribution in [0, 0.1) is 0 Å². The molecule has 0 rings (SSSR count). The number of hydrogen-bond donors (Lipinski definition) is 2. The zero-order chi connectivity index (χ0) is 4.99. The van der Waals surface area contributed by atoms with Crippen LogP contribution < -0.4 is 5.73 Å². The Balaban J connectivity index is 2.75. The van der Waals surface area contributed by atoms with Crippen LogP contribution in [0.15, 0.2) is 0 Å². The summed E-state index contributed by atoms with van der Waals surface area (Å²) in [5, 5.41) is 8.17. The third-order valence-corrected chi connectivity index (χ3v) is 0.450. The molecule has 0 aliphatic carbocycles. The van der Waals surface area contributed by atoms with Crippen molar-refractivity contribution in [3.05, 3.63) is 0 Å². The number of nitrogens with two attached hydrogens (primary N) is 1. The second kappa shape index (κ2) is 3.06. The van der Waals surface area contributed by atoms with E-state index in [-0.39, 0.29) is 6.54 Å². The lowest BCUT2D eigenvalue weighted by Gasteiger charge is -1.95. The van der Waals surface area contributed by atoms with Crippen molar-refractivity contribution in [1.82, 2.24) is 0 Å². The van der Waals surface area contributed by atoms with Gasteiger partial charge >= 0.3 is 0 Å². The first-order valence-corrected chi connectivity index (χ1v) is 1.75. The van der Waals surface area contributed by atoms with Gasteiger partial charge in [0.25, 0.3) is 0 Å². The van der Waals surface area contributed by atoms with E-state index in [1.807, 2.05) is 0 Å². The van der Waals surface area contributed by atoms with Gasteiger partial charge in [0.05, 0.1) is 6.10 Å². The van der Waals surface area contributed by atoms with Crippen LogP contribution in [0.1, 0.15) is 0 Å². The predicted octanol–water partition coefficient (Wildman–Crippen LogP) is -0.725. The predicted molar refractivity (Wildman–Crippen MR) is 21.0 cm³/mol. The molecule has 0 saturated carbocycles. The molecule has 6 heavy (non-hydrogen) atoms. The number of aliphatic hydroxyl groups excluding tert-OH is 1. The van der Waals surface area contributed by atoms with E-state index in [4.69, 9.17) is 10.8 Å². The van der Waals surface area contributed by atoms with Crippen LogP contribution in [-0.4, -0.2) is 24.4 Å². The first-order chi connectivity index (χ1) is 2.81. The van der Waals surface area contributed by atoms with Crippen molar-refractivity contribution < 1.29 is 9.50 Å². The van der Waals surface area contributed by atoms with Crippen LogP contribution in [-0.2, 0) is 0 Å². The largest absolute Gasteiger partial charge is 0.389 e. The molecule has 0 aliphatic rings. The summed E-state index contributed by atoms with van der Waals surface area (Å²) in [4.78, 5) is 0. The molecule has 0 radical (unpaired) electrons. The van der Waals surface area contributed by atoms with E-state index in [2.05, 4.69) is 0 Å². The highest BCUT2D eigenvalue weighted by molar-refractivity contribution is 4.48. The van der Waals surface area contributed by atoms with Gasteiger partial charge in [-0.2, -0.15) is 0 Å². The second-order valence-electron chi connectivity index (χ2n) is 1.04. The van der Waals surface area contributed by atoms with Gasteiger partial charge in [0.15, 0.2) is 0 Å². The van der Waals surface area contributed by atoms with Gasteiger partial charge in [0.1, 0.15) is 6.67 Å². The molecular formula is C3H8FNO. The second-order valence-corrected chi connectivity index (χ2v) is 1.04. The van der Waals surface area contributed by atoms with E-state index in [1.54, 1.807) is 0 Å². The van der Waals surface area contributed by atoms with Crippen LogP contribution in [0.2, 0.25) is 0 Å². The monoisotopic (exact) mass is 93.1 g/mol.